The fourth-order valence-electron chi connectivity index (χ4n) is 3.22. The molecule has 2 aliphatic heterocycles. The van der Waals surface area contributed by atoms with E-state index in [4.69, 9.17) is 9.31 Å². The van der Waals surface area contributed by atoms with Gasteiger partial charge in [-0.25, -0.2) is 4.99 Å². The first-order valence-electron chi connectivity index (χ1n) is 9.58. The standard InChI is InChI=1S/C21H28BF2N2O2/c1-20(2,3)12-14-7-9-16(25-14)18-11-19(28-22(23,24)27-18)17-10-8-15(26-17)13-21(4,5)6/h7-11,25H,12-13H2,1-6H3/q-1/b19-17-. The molecular weight excluding hydrogens is 361 g/mol. The molecule has 28 heavy (non-hydrogen) atoms. The number of aromatic nitrogens is 1. The summed E-state index contributed by atoms with van der Waals surface area (Å²) < 4.78 is 37.9. The third-order valence-electron chi connectivity index (χ3n) is 4.18. The Labute approximate surface area is 165 Å². The van der Waals surface area contributed by atoms with Gasteiger partial charge < -0.3 is 22.9 Å². The van der Waals surface area contributed by atoms with Crippen molar-refractivity contribution in [1.29, 1.82) is 0 Å². The SMILES string of the molecule is CC(C)(C)CC1=N/C(=C2/C=C(c3ccc(CC(C)(C)C)[nH]3)O[B-](F)(F)O2)C=C1. The number of rotatable bonds is 3. The molecule has 0 radical (unpaired) electrons. The van der Waals surface area contributed by atoms with Crippen molar-refractivity contribution in [2.24, 2.45) is 15.8 Å². The number of allylic oxidation sites excluding steroid dienone is 3. The molecule has 0 saturated heterocycles. The number of halogens is 2. The molecule has 0 amide bonds. The minimum Gasteiger partial charge on any atom is -0.626 e. The molecule has 2 aliphatic rings. The number of hydrogen-bond donors (Lipinski definition) is 1. The van der Waals surface area contributed by atoms with E-state index in [0.717, 1.165) is 24.2 Å². The number of hydrogen-bond acceptors (Lipinski definition) is 3. The monoisotopic (exact) mass is 389 g/mol. The van der Waals surface area contributed by atoms with Gasteiger partial charge in [-0.1, -0.05) is 41.5 Å². The third-order valence-corrected chi connectivity index (χ3v) is 4.18. The van der Waals surface area contributed by atoms with Gasteiger partial charge in [-0.05, 0) is 48.0 Å². The molecule has 1 aromatic rings. The van der Waals surface area contributed by atoms with Gasteiger partial charge >= 0.3 is 7.11 Å². The van der Waals surface area contributed by atoms with Crippen LogP contribution in [0.1, 0.15) is 59.4 Å². The lowest BCUT2D eigenvalue weighted by Gasteiger charge is -2.34. The Balaban J connectivity index is 1.91. The lowest BCUT2D eigenvalue weighted by molar-refractivity contribution is 0.171. The molecule has 0 saturated carbocycles. The number of aliphatic imine (C=N–C) groups is 1. The second-order valence-electron chi connectivity index (χ2n) is 9.84. The van der Waals surface area contributed by atoms with E-state index in [1.54, 1.807) is 12.1 Å². The topological polar surface area (TPSA) is 46.6 Å². The van der Waals surface area contributed by atoms with E-state index in [9.17, 15) is 8.63 Å². The molecule has 3 heterocycles. The van der Waals surface area contributed by atoms with Crippen molar-refractivity contribution in [3.8, 4) is 0 Å². The van der Waals surface area contributed by atoms with Crippen LogP contribution in [0.25, 0.3) is 5.76 Å². The second kappa shape index (κ2) is 6.94. The minimum absolute atomic E-state index is 0.0263. The van der Waals surface area contributed by atoms with Gasteiger partial charge in [0.15, 0.2) is 0 Å². The highest BCUT2D eigenvalue weighted by Gasteiger charge is 2.39. The summed E-state index contributed by atoms with van der Waals surface area (Å²) >= 11 is 0. The van der Waals surface area contributed by atoms with Gasteiger partial charge in [-0.2, -0.15) is 0 Å². The Morgan fingerprint density at radius 2 is 1.64 bits per heavy atom. The van der Waals surface area contributed by atoms with Crippen molar-refractivity contribution >= 4 is 18.6 Å². The summed E-state index contributed by atoms with van der Waals surface area (Å²) in [6.07, 6.45) is 6.59. The summed E-state index contributed by atoms with van der Waals surface area (Å²) in [4.78, 5) is 7.65. The minimum atomic E-state index is -4.46. The molecule has 0 bridgehead atoms. The van der Waals surface area contributed by atoms with Crippen LogP contribution < -0.4 is 0 Å². The van der Waals surface area contributed by atoms with Crippen molar-refractivity contribution in [1.82, 2.24) is 4.98 Å². The van der Waals surface area contributed by atoms with Crippen LogP contribution >= 0.6 is 0 Å². The van der Waals surface area contributed by atoms with Gasteiger partial charge in [0.05, 0.1) is 5.69 Å². The lowest BCUT2D eigenvalue weighted by Crippen LogP contribution is -2.34. The highest BCUT2D eigenvalue weighted by atomic mass is 19.3. The van der Waals surface area contributed by atoms with Gasteiger partial charge in [0.2, 0.25) is 0 Å². The zero-order valence-electron chi connectivity index (χ0n) is 17.4. The highest BCUT2D eigenvalue weighted by Crippen LogP contribution is 2.35. The van der Waals surface area contributed by atoms with Crippen LogP contribution in [0.5, 0.6) is 0 Å². The van der Waals surface area contributed by atoms with Gasteiger partial charge in [0.25, 0.3) is 0 Å². The van der Waals surface area contributed by atoms with Crippen LogP contribution in [0.3, 0.4) is 0 Å². The molecular formula is C21H28BF2N2O2-. The van der Waals surface area contributed by atoms with Crippen LogP contribution in [-0.4, -0.2) is 17.8 Å². The number of aromatic amines is 1. The van der Waals surface area contributed by atoms with Crippen molar-refractivity contribution in [3.05, 3.63) is 53.2 Å². The predicted molar refractivity (Wildman–Crippen MR) is 110 cm³/mol. The van der Waals surface area contributed by atoms with E-state index >= 15 is 0 Å². The normalized spacial score (nSPS) is 21.9. The Morgan fingerprint density at radius 3 is 2.29 bits per heavy atom. The Kier molecular flexibility index (Phi) is 5.06. The smallest absolute Gasteiger partial charge is 0.626 e. The van der Waals surface area contributed by atoms with Crippen molar-refractivity contribution in [2.45, 2.75) is 54.4 Å². The second-order valence-corrected chi connectivity index (χ2v) is 9.84. The van der Waals surface area contributed by atoms with Crippen LogP contribution in [0.15, 0.2) is 46.8 Å². The van der Waals surface area contributed by atoms with Crippen LogP contribution in [0, 0.1) is 10.8 Å². The summed E-state index contributed by atoms with van der Waals surface area (Å²) in [5.41, 5.74) is 2.85. The van der Waals surface area contributed by atoms with Gasteiger partial charge in [-0.15, -0.1) is 0 Å². The summed E-state index contributed by atoms with van der Waals surface area (Å²) in [6, 6.07) is 3.65. The van der Waals surface area contributed by atoms with E-state index in [2.05, 4.69) is 51.5 Å². The molecule has 0 aliphatic carbocycles. The zero-order valence-corrected chi connectivity index (χ0v) is 17.4. The van der Waals surface area contributed by atoms with E-state index in [1.807, 2.05) is 12.1 Å². The molecule has 1 N–H and O–H groups in total. The Hall–Kier alpha value is -2.31. The fourth-order valence-corrected chi connectivity index (χ4v) is 3.22. The van der Waals surface area contributed by atoms with E-state index < -0.39 is 7.11 Å². The number of H-pyrrole nitrogens is 1. The molecule has 0 aromatic carbocycles. The first kappa shape index (κ1) is 20.4. The molecule has 7 heteroatoms. The summed E-state index contributed by atoms with van der Waals surface area (Å²) in [6.45, 7) is 12.7. The molecule has 0 atom stereocenters. The quantitative estimate of drug-likeness (QED) is 0.642. The van der Waals surface area contributed by atoms with Gasteiger partial charge in [0, 0.05) is 17.5 Å². The molecule has 4 nitrogen and oxygen atoms in total. The van der Waals surface area contributed by atoms with Crippen molar-refractivity contribution in [2.75, 3.05) is 0 Å². The summed E-state index contributed by atoms with van der Waals surface area (Å²) in [5, 5.41) is 0. The molecule has 3 rings (SSSR count). The van der Waals surface area contributed by atoms with Gasteiger partial charge in [0.1, 0.15) is 17.2 Å². The summed E-state index contributed by atoms with van der Waals surface area (Å²) in [5.74, 6) is 0.0881. The van der Waals surface area contributed by atoms with Crippen molar-refractivity contribution < 1.29 is 17.9 Å². The van der Waals surface area contributed by atoms with E-state index in [-0.39, 0.29) is 22.3 Å². The van der Waals surface area contributed by atoms with Crippen molar-refractivity contribution in [3.63, 3.8) is 0 Å². The Bertz CT molecular complexity index is 881. The van der Waals surface area contributed by atoms with Crippen LogP contribution in [0.2, 0.25) is 0 Å². The number of nitrogens with one attached hydrogen (secondary N) is 1. The highest BCUT2D eigenvalue weighted by molar-refractivity contribution is 6.53. The molecule has 1 aromatic heterocycles. The first-order valence-corrected chi connectivity index (χ1v) is 9.58. The third kappa shape index (κ3) is 5.36. The van der Waals surface area contributed by atoms with Gasteiger partial charge in [-0.3, -0.25) is 0 Å². The maximum Gasteiger partial charge on any atom is 0.726 e. The maximum absolute atomic E-state index is 14.1. The molecule has 0 unspecified atom stereocenters. The molecule has 0 spiro atoms. The van der Waals surface area contributed by atoms with Crippen LogP contribution in [-0.2, 0) is 15.7 Å². The average Bonchev–Trinajstić information content (AvgIpc) is 3.11. The summed E-state index contributed by atoms with van der Waals surface area (Å²) in [7, 11) is -4.46. The van der Waals surface area contributed by atoms with E-state index in [1.165, 1.54) is 6.08 Å². The number of nitrogens with zero attached hydrogens (tertiary/aromatic N) is 1. The Morgan fingerprint density at radius 1 is 0.964 bits per heavy atom. The van der Waals surface area contributed by atoms with E-state index in [0.29, 0.717) is 11.4 Å². The fraction of sp³-hybridized carbons (Fsp3) is 0.476. The molecule has 152 valence electrons. The predicted octanol–water partition coefficient (Wildman–Crippen LogP) is 6.02. The largest absolute Gasteiger partial charge is 0.726 e. The first-order chi connectivity index (χ1) is 12.8. The zero-order chi connectivity index (χ0) is 20.7. The molecule has 0 fully saturated rings. The lowest BCUT2D eigenvalue weighted by atomic mass is 9.90. The maximum atomic E-state index is 14.1. The van der Waals surface area contributed by atoms with Crippen LogP contribution in [0.4, 0.5) is 8.63 Å². The average molecular weight is 389 g/mol.